The third-order valence-electron chi connectivity index (χ3n) is 4.08. The van der Waals surface area contributed by atoms with E-state index in [9.17, 15) is 13.5 Å². The van der Waals surface area contributed by atoms with Crippen molar-refractivity contribution in [1.29, 1.82) is 0 Å². The van der Waals surface area contributed by atoms with Crippen molar-refractivity contribution in [2.45, 2.75) is 25.7 Å². The van der Waals surface area contributed by atoms with E-state index in [4.69, 9.17) is 4.74 Å². The summed E-state index contributed by atoms with van der Waals surface area (Å²) in [7, 11) is -2.03. The van der Waals surface area contributed by atoms with Crippen LogP contribution in [0.25, 0.3) is 0 Å². The predicted octanol–water partition coefficient (Wildman–Crippen LogP) is 3.49. The van der Waals surface area contributed by atoms with Crippen LogP contribution in [0.3, 0.4) is 0 Å². The second-order valence-corrected chi connectivity index (χ2v) is 7.63. The lowest BCUT2D eigenvalue weighted by atomic mass is 10.2. The predicted molar refractivity (Wildman–Crippen MR) is 103 cm³/mol. The normalized spacial score (nSPS) is 12.0. The molecule has 0 saturated heterocycles. The Labute approximate surface area is 154 Å². The van der Waals surface area contributed by atoms with Crippen molar-refractivity contribution in [3.63, 3.8) is 0 Å². The lowest BCUT2D eigenvalue weighted by Crippen LogP contribution is -2.31. The first-order chi connectivity index (χ1) is 12.3. The molecule has 0 unspecified atom stereocenters. The highest BCUT2D eigenvalue weighted by molar-refractivity contribution is 7.89. The number of phenols is 1. The summed E-state index contributed by atoms with van der Waals surface area (Å²) in [6.07, 6.45) is 1.48. The maximum absolute atomic E-state index is 12.8. The number of phenolic OH excluding ortho intramolecular Hbond substituents is 1. The molecule has 0 bridgehead atoms. The van der Waals surface area contributed by atoms with Gasteiger partial charge in [0.1, 0.15) is 11.5 Å². The zero-order chi connectivity index (χ0) is 19.3. The van der Waals surface area contributed by atoms with Gasteiger partial charge >= 0.3 is 0 Å². The summed E-state index contributed by atoms with van der Waals surface area (Å²) in [5.41, 5.74) is 1.64. The number of benzene rings is 2. The largest absolute Gasteiger partial charge is 0.507 e. The number of ether oxygens (including phenoxy) is 1. The fourth-order valence-electron chi connectivity index (χ4n) is 2.56. The second kappa shape index (κ2) is 8.33. The zero-order valence-electron chi connectivity index (χ0n) is 15.4. The van der Waals surface area contributed by atoms with Gasteiger partial charge in [-0.3, -0.25) is 4.99 Å². The molecule has 0 fully saturated rings. The number of aliphatic imine (C=N–C) groups is 1. The molecule has 0 atom stereocenters. The van der Waals surface area contributed by atoms with Crippen molar-refractivity contribution in [2.24, 2.45) is 4.99 Å². The molecule has 2 rings (SSSR count). The highest BCUT2D eigenvalue weighted by atomic mass is 32.2. The van der Waals surface area contributed by atoms with E-state index < -0.39 is 10.0 Å². The number of nitrogens with zero attached hydrogens (tertiary/aromatic N) is 2. The van der Waals surface area contributed by atoms with Crippen LogP contribution in [0.5, 0.6) is 11.5 Å². The SMILES string of the molecule is CCN(CC)S(=O)(=O)c1cc(N=Cc2cc(OC)ccc2O)ccc1C. The number of rotatable bonds is 7. The highest BCUT2D eigenvalue weighted by Crippen LogP contribution is 2.26. The molecule has 0 amide bonds. The van der Waals surface area contributed by atoms with Gasteiger partial charge in [-0.15, -0.1) is 0 Å². The van der Waals surface area contributed by atoms with Crippen molar-refractivity contribution >= 4 is 21.9 Å². The van der Waals surface area contributed by atoms with Crippen LogP contribution in [-0.2, 0) is 10.0 Å². The third-order valence-corrected chi connectivity index (χ3v) is 6.27. The van der Waals surface area contributed by atoms with E-state index in [0.29, 0.717) is 35.7 Å². The van der Waals surface area contributed by atoms with E-state index in [0.717, 1.165) is 0 Å². The summed E-state index contributed by atoms with van der Waals surface area (Å²) in [4.78, 5) is 4.56. The van der Waals surface area contributed by atoms with Crippen molar-refractivity contribution in [1.82, 2.24) is 4.31 Å². The molecule has 26 heavy (non-hydrogen) atoms. The van der Waals surface area contributed by atoms with Gasteiger partial charge < -0.3 is 9.84 Å². The minimum absolute atomic E-state index is 0.0673. The Balaban J connectivity index is 2.42. The van der Waals surface area contributed by atoms with Crippen LogP contribution in [0.15, 0.2) is 46.3 Å². The molecule has 1 N–H and O–H groups in total. The fraction of sp³-hybridized carbons (Fsp3) is 0.316. The number of hydrogen-bond donors (Lipinski definition) is 1. The maximum Gasteiger partial charge on any atom is 0.243 e. The summed E-state index contributed by atoms with van der Waals surface area (Å²) in [5.74, 6) is 0.663. The first-order valence-corrected chi connectivity index (χ1v) is 9.79. The van der Waals surface area contributed by atoms with Crippen LogP contribution in [-0.4, -0.2) is 44.2 Å². The molecule has 140 valence electrons. The molecule has 2 aromatic rings. The molecular formula is C19H24N2O4S. The van der Waals surface area contributed by atoms with Crippen LogP contribution < -0.4 is 4.74 Å². The molecule has 7 heteroatoms. The van der Waals surface area contributed by atoms with E-state index in [-0.39, 0.29) is 10.6 Å². The van der Waals surface area contributed by atoms with Gasteiger partial charge in [0.05, 0.1) is 17.7 Å². The standard InChI is InChI=1S/C19H24N2O4S/c1-5-21(6-2)26(23,24)19-12-16(8-7-14(19)3)20-13-15-11-17(25-4)9-10-18(15)22/h7-13,22H,5-6H2,1-4H3. The average molecular weight is 376 g/mol. The van der Waals surface area contributed by atoms with Crippen molar-refractivity contribution in [3.8, 4) is 11.5 Å². The van der Waals surface area contributed by atoms with Crippen LogP contribution >= 0.6 is 0 Å². The average Bonchev–Trinajstić information content (AvgIpc) is 2.62. The Morgan fingerprint density at radius 3 is 2.46 bits per heavy atom. The number of sulfonamides is 1. The molecule has 0 aromatic heterocycles. The van der Waals surface area contributed by atoms with Crippen LogP contribution in [0.4, 0.5) is 5.69 Å². The van der Waals surface area contributed by atoms with Gasteiger partial charge in [-0.05, 0) is 42.8 Å². The smallest absolute Gasteiger partial charge is 0.243 e. The molecule has 0 aliphatic carbocycles. The summed E-state index contributed by atoms with van der Waals surface area (Å²) >= 11 is 0. The summed E-state index contributed by atoms with van der Waals surface area (Å²) in [6.45, 7) is 6.19. The summed E-state index contributed by atoms with van der Waals surface area (Å²) < 4.78 is 32.1. The van der Waals surface area contributed by atoms with Gasteiger partial charge in [-0.2, -0.15) is 4.31 Å². The second-order valence-electron chi connectivity index (χ2n) is 5.72. The molecule has 0 heterocycles. The topological polar surface area (TPSA) is 79.2 Å². The molecule has 2 aromatic carbocycles. The minimum atomic E-state index is -3.57. The summed E-state index contributed by atoms with van der Waals surface area (Å²) in [5, 5.41) is 9.92. The molecule has 6 nitrogen and oxygen atoms in total. The first-order valence-electron chi connectivity index (χ1n) is 8.35. The van der Waals surface area contributed by atoms with Crippen molar-refractivity contribution in [2.75, 3.05) is 20.2 Å². The Hall–Kier alpha value is -2.38. The Kier molecular flexibility index (Phi) is 6.39. The Morgan fingerprint density at radius 2 is 1.85 bits per heavy atom. The monoisotopic (exact) mass is 376 g/mol. The molecule has 0 radical (unpaired) electrons. The van der Waals surface area contributed by atoms with E-state index >= 15 is 0 Å². The molecule has 0 aliphatic heterocycles. The fourth-order valence-corrected chi connectivity index (χ4v) is 4.26. The maximum atomic E-state index is 12.8. The Morgan fingerprint density at radius 1 is 1.15 bits per heavy atom. The molecule has 0 spiro atoms. The first kappa shape index (κ1) is 19.9. The van der Waals surface area contributed by atoms with Crippen molar-refractivity contribution < 1.29 is 18.3 Å². The van der Waals surface area contributed by atoms with Gasteiger partial charge in [0.2, 0.25) is 10.0 Å². The van der Waals surface area contributed by atoms with Crippen LogP contribution in [0.2, 0.25) is 0 Å². The highest BCUT2D eigenvalue weighted by Gasteiger charge is 2.23. The lowest BCUT2D eigenvalue weighted by Gasteiger charge is -2.19. The van der Waals surface area contributed by atoms with Crippen molar-refractivity contribution in [3.05, 3.63) is 47.5 Å². The number of aromatic hydroxyl groups is 1. The van der Waals surface area contributed by atoms with Gasteiger partial charge in [0.15, 0.2) is 0 Å². The molecule has 0 saturated carbocycles. The number of aryl methyl sites for hydroxylation is 1. The number of hydrogen-bond acceptors (Lipinski definition) is 5. The van der Waals surface area contributed by atoms with E-state index in [1.54, 1.807) is 37.3 Å². The van der Waals surface area contributed by atoms with Gasteiger partial charge in [0, 0.05) is 24.9 Å². The zero-order valence-corrected chi connectivity index (χ0v) is 16.2. The van der Waals surface area contributed by atoms with Gasteiger partial charge in [-0.1, -0.05) is 19.9 Å². The minimum Gasteiger partial charge on any atom is -0.507 e. The third kappa shape index (κ3) is 4.23. The van der Waals surface area contributed by atoms with Crippen LogP contribution in [0, 0.1) is 6.92 Å². The summed E-state index contributed by atoms with van der Waals surface area (Å²) in [6, 6.07) is 9.84. The quantitative estimate of drug-likeness (QED) is 0.750. The molecular weight excluding hydrogens is 352 g/mol. The number of methoxy groups -OCH3 is 1. The van der Waals surface area contributed by atoms with Crippen LogP contribution in [0.1, 0.15) is 25.0 Å². The van der Waals surface area contributed by atoms with E-state index in [1.807, 2.05) is 13.8 Å². The van der Waals surface area contributed by atoms with E-state index in [2.05, 4.69) is 4.99 Å². The van der Waals surface area contributed by atoms with E-state index in [1.165, 1.54) is 23.7 Å². The van der Waals surface area contributed by atoms with Gasteiger partial charge in [-0.25, -0.2) is 8.42 Å². The van der Waals surface area contributed by atoms with Gasteiger partial charge in [0.25, 0.3) is 0 Å². The Bertz CT molecular complexity index is 904. The molecule has 0 aliphatic rings. The lowest BCUT2D eigenvalue weighted by molar-refractivity contribution is 0.412.